The second kappa shape index (κ2) is 9.41. The largest absolute Gasteiger partial charge is 0.481 e. The van der Waals surface area contributed by atoms with Crippen LogP contribution in [-0.2, 0) is 6.54 Å². The van der Waals surface area contributed by atoms with E-state index in [2.05, 4.69) is 32.0 Å². The third-order valence-electron chi connectivity index (χ3n) is 8.35. The lowest BCUT2D eigenvalue weighted by Gasteiger charge is -2.56. The molecule has 2 bridgehead atoms. The van der Waals surface area contributed by atoms with E-state index in [0.717, 1.165) is 36.6 Å². The lowest BCUT2D eigenvalue weighted by atomic mass is 9.87. The van der Waals surface area contributed by atoms with Crippen LogP contribution < -0.4 is 14.5 Å². The first-order valence-corrected chi connectivity index (χ1v) is 13.4. The molecule has 0 spiro atoms. The highest BCUT2D eigenvalue weighted by atomic mass is 19.3. The number of piperidine rings is 1. The number of piperazine rings is 1. The van der Waals surface area contributed by atoms with E-state index in [9.17, 15) is 14.0 Å². The van der Waals surface area contributed by atoms with Crippen LogP contribution in [0.3, 0.4) is 0 Å². The standard InChI is InChI=1S/C29H28F2N8O/c1-40-27-5-2-19(11-34-27)14-38-23-8-24(38)16-37(15-23)26-4-3-20(12-33-26)25-9-22(36-7-6-29(30,31)18-36)17-39-28(25)21(10-32)13-35-39/h2-5,9,11-13,17,23-24H,6-8,14-16,18H2,1H3. The van der Waals surface area contributed by atoms with E-state index in [0.29, 0.717) is 34.7 Å². The zero-order valence-electron chi connectivity index (χ0n) is 22.0. The summed E-state index contributed by atoms with van der Waals surface area (Å²) in [6.07, 6.45) is 7.92. The summed E-state index contributed by atoms with van der Waals surface area (Å²) >= 11 is 0. The highest BCUT2D eigenvalue weighted by Gasteiger charge is 2.44. The molecule has 0 aliphatic carbocycles. The van der Waals surface area contributed by atoms with Gasteiger partial charge in [0.1, 0.15) is 11.9 Å². The molecule has 0 amide bonds. The van der Waals surface area contributed by atoms with Gasteiger partial charge in [-0.3, -0.25) is 4.90 Å². The van der Waals surface area contributed by atoms with Gasteiger partial charge in [0, 0.05) is 74.3 Å². The van der Waals surface area contributed by atoms with Gasteiger partial charge in [-0.25, -0.2) is 23.3 Å². The van der Waals surface area contributed by atoms with Crippen LogP contribution in [0, 0.1) is 11.3 Å². The quantitative estimate of drug-likeness (QED) is 0.362. The fourth-order valence-electron chi connectivity index (χ4n) is 6.24. The number of hydrogen-bond acceptors (Lipinski definition) is 8. The van der Waals surface area contributed by atoms with Crippen LogP contribution in [0.5, 0.6) is 5.88 Å². The molecule has 8 heterocycles. The molecule has 0 saturated carbocycles. The summed E-state index contributed by atoms with van der Waals surface area (Å²) in [5, 5.41) is 14.0. The minimum absolute atomic E-state index is 0.175. The topological polar surface area (TPSA) is 85.8 Å². The van der Waals surface area contributed by atoms with Crippen LogP contribution in [0.1, 0.15) is 24.0 Å². The predicted molar refractivity (Wildman–Crippen MR) is 146 cm³/mol. The molecule has 9 nitrogen and oxygen atoms in total. The molecule has 40 heavy (non-hydrogen) atoms. The molecule has 0 aromatic carbocycles. The number of nitriles is 1. The van der Waals surface area contributed by atoms with Gasteiger partial charge in [-0.1, -0.05) is 6.07 Å². The number of rotatable bonds is 6. The summed E-state index contributed by atoms with van der Waals surface area (Å²) in [5.74, 6) is -1.18. The number of aromatic nitrogens is 4. The molecule has 2 atom stereocenters. The first-order chi connectivity index (χ1) is 19.4. The molecule has 0 radical (unpaired) electrons. The Bertz CT molecular complexity index is 1590. The number of alkyl halides is 2. The highest BCUT2D eigenvalue weighted by Crippen LogP contribution is 2.38. The average molecular weight is 543 g/mol. The van der Waals surface area contributed by atoms with E-state index in [1.54, 1.807) is 22.7 Å². The Kier molecular flexibility index (Phi) is 5.82. The monoisotopic (exact) mass is 542 g/mol. The van der Waals surface area contributed by atoms with Crippen LogP contribution in [0.4, 0.5) is 20.3 Å². The molecule has 11 heteroatoms. The van der Waals surface area contributed by atoms with E-state index in [1.807, 2.05) is 36.7 Å². The molecule has 4 saturated heterocycles. The van der Waals surface area contributed by atoms with Gasteiger partial charge in [-0.15, -0.1) is 0 Å². The number of methoxy groups -OCH3 is 1. The van der Waals surface area contributed by atoms with E-state index in [1.165, 1.54) is 18.2 Å². The zero-order valence-corrected chi connectivity index (χ0v) is 22.0. The number of pyridine rings is 3. The summed E-state index contributed by atoms with van der Waals surface area (Å²) in [5.41, 5.74) is 4.47. The van der Waals surface area contributed by atoms with Gasteiger partial charge < -0.3 is 14.5 Å². The Morgan fingerprint density at radius 2 is 1.93 bits per heavy atom. The van der Waals surface area contributed by atoms with Crippen molar-refractivity contribution >= 4 is 17.0 Å². The van der Waals surface area contributed by atoms with Gasteiger partial charge in [0.25, 0.3) is 5.92 Å². The maximum absolute atomic E-state index is 14.0. The van der Waals surface area contributed by atoms with Crippen LogP contribution >= 0.6 is 0 Å². The second-order valence-corrected chi connectivity index (χ2v) is 10.8. The van der Waals surface area contributed by atoms with Gasteiger partial charge in [0.15, 0.2) is 0 Å². The fourth-order valence-corrected chi connectivity index (χ4v) is 6.24. The molecule has 0 N–H and O–H groups in total. The Labute approximate surface area is 230 Å². The molecular weight excluding hydrogens is 514 g/mol. The maximum atomic E-state index is 14.0. The molecule has 204 valence electrons. The van der Waals surface area contributed by atoms with Crippen molar-refractivity contribution in [1.82, 2.24) is 24.5 Å². The molecule has 4 aromatic rings. The normalized spacial score (nSPS) is 21.9. The van der Waals surface area contributed by atoms with E-state index in [-0.39, 0.29) is 19.5 Å². The first-order valence-electron chi connectivity index (χ1n) is 13.4. The summed E-state index contributed by atoms with van der Waals surface area (Å²) in [4.78, 5) is 15.7. The second-order valence-electron chi connectivity index (χ2n) is 10.8. The zero-order chi connectivity index (χ0) is 27.4. The maximum Gasteiger partial charge on any atom is 0.266 e. The third-order valence-corrected chi connectivity index (χ3v) is 8.35. The van der Waals surface area contributed by atoms with Crippen LogP contribution in [0.25, 0.3) is 16.6 Å². The van der Waals surface area contributed by atoms with Crippen LogP contribution in [-0.4, -0.2) is 75.8 Å². The van der Waals surface area contributed by atoms with Crippen molar-refractivity contribution in [3.05, 3.63) is 66.2 Å². The SMILES string of the molecule is COc1ccc(CN2C3CC2CN(c2ccc(-c4cc(N5CCC(F)(F)C5)cn5ncc(C#N)c45)cn2)C3)cn1. The molecule has 4 aliphatic heterocycles. The molecule has 4 fully saturated rings. The smallest absolute Gasteiger partial charge is 0.266 e. The van der Waals surface area contributed by atoms with Gasteiger partial charge in [0.05, 0.1) is 42.8 Å². The average Bonchev–Trinajstić information content (AvgIpc) is 3.58. The van der Waals surface area contributed by atoms with Crippen LogP contribution in [0.15, 0.2) is 55.1 Å². The minimum Gasteiger partial charge on any atom is -0.481 e. The molecule has 8 rings (SSSR count). The highest BCUT2D eigenvalue weighted by molar-refractivity contribution is 5.86. The number of fused-ring (bicyclic) bond motifs is 3. The van der Waals surface area contributed by atoms with E-state index >= 15 is 0 Å². The minimum atomic E-state index is -2.71. The summed E-state index contributed by atoms with van der Waals surface area (Å²) in [6, 6.07) is 13.0. The molecule has 4 aliphatic rings. The van der Waals surface area contributed by atoms with Crippen molar-refractivity contribution in [1.29, 1.82) is 5.26 Å². The van der Waals surface area contributed by atoms with Crippen molar-refractivity contribution in [2.75, 3.05) is 43.1 Å². The number of anilines is 2. The fraction of sp³-hybridized carbons (Fsp3) is 0.379. The Balaban J connectivity index is 1.11. The summed E-state index contributed by atoms with van der Waals surface area (Å²) in [6.45, 7) is 2.61. The number of hydrogen-bond donors (Lipinski definition) is 0. The summed E-state index contributed by atoms with van der Waals surface area (Å²) in [7, 11) is 1.62. The Morgan fingerprint density at radius 1 is 1.07 bits per heavy atom. The van der Waals surface area contributed by atoms with Gasteiger partial charge in [-0.05, 0) is 30.2 Å². The van der Waals surface area contributed by atoms with Crippen molar-refractivity contribution in [3.8, 4) is 23.1 Å². The Morgan fingerprint density at radius 3 is 2.58 bits per heavy atom. The number of halogens is 2. The Hall–Kier alpha value is -4.30. The van der Waals surface area contributed by atoms with Crippen molar-refractivity contribution in [3.63, 3.8) is 0 Å². The van der Waals surface area contributed by atoms with Crippen molar-refractivity contribution in [2.24, 2.45) is 0 Å². The first kappa shape index (κ1) is 24.7. The number of nitrogens with zero attached hydrogens (tertiary/aromatic N) is 8. The van der Waals surface area contributed by atoms with Crippen molar-refractivity contribution in [2.45, 2.75) is 37.4 Å². The van der Waals surface area contributed by atoms with Gasteiger partial charge in [-0.2, -0.15) is 10.4 Å². The predicted octanol–water partition coefficient (Wildman–Crippen LogP) is 3.98. The van der Waals surface area contributed by atoms with Crippen molar-refractivity contribution < 1.29 is 13.5 Å². The van der Waals surface area contributed by atoms with Gasteiger partial charge >= 0.3 is 0 Å². The molecular formula is C29H28F2N8O. The third kappa shape index (κ3) is 4.29. The molecule has 4 aromatic heterocycles. The lowest BCUT2D eigenvalue weighted by Crippen LogP contribution is -2.68. The summed E-state index contributed by atoms with van der Waals surface area (Å²) < 4.78 is 34.7. The molecule has 2 unspecified atom stereocenters. The van der Waals surface area contributed by atoms with E-state index < -0.39 is 5.92 Å². The van der Waals surface area contributed by atoms with E-state index in [4.69, 9.17) is 9.72 Å². The van der Waals surface area contributed by atoms with Gasteiger partial charge in [0.2, 0.25) is 5.88 Å². The van der Waals surface area contributed by atoms with Crippen LogP contribution in [0.2, 0.25) is 0 Å². The number of ether oxygens (including phenoxy) is 1. The lowest BCUT2D eigenvalue weighted by molar-refractivity contribution is -0.00876.